The van der Waals surface area contributed by atoms with Gasteiger partial charge in [-0.2, -0.15) is 0 Å². The molecule has 2 N–H and O–H groups in total. The number of nitro groups is 1. The van der Waals surface area contributed by atoms with Crippen LogP contribution in [0.4, 0.5) is 11.4 Å². The van der Waals surface area contributed by atoms with E-state index >= 15 is 0 Å². The Kier molecular flexibility index (Phi) is 3.70. The van der Waals surface area contributed by atoms with Crippen molar-refractivity contribution in [1.29, 1.82) is 0 Å². The summed E-state index contributed by atoms with van der Waals surface area (Å²) in [5.41, 5.74) is 2.41. The fourth-order valence-electron chi connectivity index (χ4n) is 2.24. The van der Waals surface area contributed by atoms with Crippen LogP contribution in [-0.4, -0.2) is 21.8 Å². The van der Waals surface area contributed by atoms with Crippen molar-refractivity contribution in [3.63, 3.8) is 0 Å². The third-order valence-electron chi connectivity index (χ3n) is 3.43. The Balaban J connectivity index is 1.99. The predicted molar refractivity (Wildman–Crippen MR) is 84.8 cm³/mol. The number of nitrogens with one attached hydrogen (secondary N) is 1. The molecule has 1 heterocycles. The van der Waals surface area contributed by atoms with Crippen molar-refractivity contribution in [3.05, 3.63) is 69.8 Å². The van der Waals surface area contributed by atoms with Crippen molar-refractivity contribution < 1.29 is 19.6 Å². The normalized spacial score (nSPS) is 15.7. The molecule has 24 heavy (non-hydrogen) atoms. The molecule has 8 nitrogen and oxygen atoms in total. The standard InChI is InChI=1S/C16H11N3O5/c20-14-7-6-12(19(23)24)8-10(14)9-13-15(21)17-18(16(13)22)11-4-2-1-3-5-11/h1-9,20H,(H,17,21)/b13-9-. The van der Waals surface area contributed by atoms with E-state index in [9.17, 15) is 24.8 Å². The van der Waals surface area contributed by atoms with E-state index < -0.39 is 16.7 Å². The van der Waals surface area contributed by atoms with Gasteiger partial charge < -0.3 is 5.11 Å². The lowest BCUT2D eigenvalue weighted by molar-refractivity contribution is -0.384. The van der Waals surface area contributed by atoms with E-state index in [1.165, 1.54) is 0 Å². The second kappa shape index (κ2) is 5.84. The number of carbonyl (C=O) groups excluding carboxylic acids is 2. The van der Waals surface area contributed by atoms with Crippen molar-refractivity contribution in [2.45, 2.75) is 0 Å². The Morgan fingerprint density at radius 2 is 1.83 bits per heavy atom. The van der Waals surface area contributed by atoms with Crippen molar-refractivity contribution in [2.75, 3.05) is 5.01 Å². The molecule has 0 unspecified atom stereocenters. The molecule has 1 aliphatic rings. The fourth-order valence-corrected chi connectivity index (χ4v) is 2.24. The van der Waals surface area contributed by atoms with Crippen molar-refractivity contribution >= 4 is 29.3 Å². The van der Waals surface area contributed by atoms with Crippen LogP contribution in [0.3, 0.4) is 0 Å². The second-order valence-electron chi connectivity index (χ2n) is 4.98. The number of aromatic hydroxyl groups is 1. The third-order valence-corrected chi connectivity index (χ3v) is 3.43. The fraction of sp³-hybridized carbons (Fsp3) is 0. The number of rotatable bonds is 3. The summed E-state index contributed by atoms with van der Waals surface area (Å²) < 4.78 is 0. The molecule has 2 amide bonds. The number of benzene rings is 2. The number of hydrogen-bond donors (Lipinski definition) is 2. The molecule has 8 heteroatoms. The van der Waals surface area contributed by atoms with E-state index in [4.69, 9.17) is 0 Å². The minimum atomic E-state index is -0.658. The Hall–Kier alpha value is -3.68. The average Bonchev–Trinajstić information content (AvgIpc) is 2.85. The van der Waals surface area contributed by atoms with E-state index in [-0.39, 0.29) is 22.6 Å². The van der Waals surface area contributed by atoms with E-state index in [0.717, 1.165) is 29.3 Å². The van der Waals surface area contributed by atoms with Crippen molar-refractivity contribution in [2.24, 2.45) is 0 Å². The summed E-state index contributed by atoms with van der Waals surface area (Å²) in [6, 6.07) is 11.8. The van der Waals surface area contributed by atoms with Crippen molar-refractivity contribution in [3.8, 4) is 5.75 Å². The number of amides is 2. The molecule has 0 saturated carbocycles. The van der Waals surface area contributed by atoms with Gasteiger partial charge in [0.15, 0.2) is 0 Å². The molecule has 1 fully saturated rings. The van der Waals surface area contributed by atoms with Crippen LogP contribution in [0.2, 0.25) is 0 Å². The number of non-ortho nitro benzene ring substituents is 1. The molecule has 0 bridgehead atoms. The Morgan fingerprint density at radius 1 is 1.12 bits per heavy atom. The summed E-state index contributed by atoms with van der Waals surface area (Å²) in [7, 11) is 0. The molecule has 2 aromatic carbocycles. The molecule has 0 aliphatic carbocycles. The highest BCUT2D eigenvalue weighted by atomic mass is 16.6. The molecule has 1 saturated heterocycles. The lowest BCUT2D eigenvalue weighted by atomic mass is 10.1. The Morgan fingerprint density at radius 3 is 2.50 bits per heavy atom. The summed E-state index contributed by atoms with van der Waals surface area (Å²) in [4.78, 5) is 34.6. The van der Waals surface area contributed by atoms with Gasteiger partial charge in [0.1, 0.15) is 11.3 Å². The van der Waals surface area contributed by atoms with E-state index in [1.807, 2.05) is 0 Å². The first-order valence-electron chi connectivity index (χ1n) is 6.87. The first-order valence-corrected chi connectivity index (χ1v) is 6.87. The first kappa shape index (κ1) is 15.2. The average molecular weight is 325 g/mol. The molecule has 0 spiro atoms. The molecular weight excluding hydrogens is 314 g/mol. The maximum absolute atomic E-state index is 12.4. The number of nitro benzene ring substituents is 1. The number of nitrogens with zero attached hydrogens (tertiary/aromatic N) is 2. The Labute approximate surface area is 135 Å². The minimum Gasteiger partial charge on any atom is -0.507 e. The topological polar surface area (TPSA) is 113 Å². The number of hydrazine groups is 1. The van der Waals surface area contributed by atoms with E-state index in [2.05, 4.69) is 5.43 Å². The van der Waals surface area contributed by atoms with Gasteiger partial charge in [-0.15, -0.1) is 0 Å². The number of hydrogen-bond acceptors (Lipinski definition) is 5. The number of phenolic OH excluding ortho intramolecular Hbond substituents is 1. The van der Waals surface area contributed by atoms with Crippen LogP contribution in [0.25, 0.3) is 6.08 Å². The predicted octanol–water partition coefficient (Wildman–Crippen LogP) is 1.76. The lowest BCUT2D eigenvalue weighted by Gasteiger charge is -2.13. The quantitative estimate of drug-likeness (QED) is 0.386. The number of phenols is 1. The van der Waals surface area contributed by atoms with Crippen LogP contribution in [0, 0.1) is 10.1 Å². The zero-order chi connectivity index (χ0) is 17.3. The smallest absolute Gasteiger partial charge is 0.282 e. The van der Waals surface area contributed by atoms with Gasteiger partial charge in [-0.1, -0.05) is 18.2 Å². The summed E-state index contributed by atoms with van der Waals surface area (Å²) in [6.07, 6.45) is 1.13. The molecule has 2 aromatic rings. The van der Waals surface area contributed by atoms with Gasteiger partial charge in [0.05, 0.1) is 10.6 Å². The first-order chi connectivity index (χ1) is 11.5. The van der Waals surface area contributed by atoms with Crippen LogP contribution in [0.15, 0.2) is 54.1 Å². The molecule has 120 valence electrons. The molecule has 0 atom stereocenters. The van der Waals surface area contributed by atoms with Crippen LogP contribution < -0.4 is 10.4 Å². The maximum atomic E-state index is 12.4. The molecular formula is C16H11N3O5. The highest BCUT2D eigenvalue weighted by Crippen LogP contribution is 2.27. The summed E-state index contributed by atoms with van der Waals surface area (Å²) in [5, 5.41) is 21.7. The second-order valence-corrected chi connectivity index (χ2v) is 4.98. The number of para-hydroxylation sites is 1. The highest BCUT2D eigenvalue weighted by molar-refractivity contribution is 6.31. The zero-order valence-corrected chi connectivity index (χ0v) is 12.2. The maximum Gasteiger partial charge on any atom is 0.282 e. The van der Waals surface area contributed by atoms with E-state index in [0.29, 0.717) is 5.69 Å². The van der Waals surface area contributed by atoms with Crippen LogP contribution in [0.5, 0.6) is 5.75 Å². The van der Waals surface area contributed by atoms with Gasteiger partial charge >= 0.3 is 0 Å². The van der Waals surface area contributed by atoms with Crippen LogP contribution >= 0.6 is 0 Å². The van der Waals surface area contributed by atoms with Gasteiger partial charge in [-0.3, -0.25) is 25.1 Å². The molecule has 0 aromatic heterocycles. The number of anilines is 1. The summed E-state index contributed by atoms with van der Waals surface area (Å²) in [6.45, 7) is 0. The monoisotopic (exact) mass is 325 g/mol. The number of carbonyl (C=O) groups is 2. The Bertz CT molecular complexity index is 877. The van der Waals surface area contributed by atoms with E-state index in [1.54, 1.807) is 30.3 Å². The molecule has 3 rings (SSSR count). The van der Waals surface area contributed by atoms with Crippen molar-refractivity contribution in [1.82, 2.24) is 5.43 Å². The minimum absolute atomic E-state index is 0.0117. The SMILES string of the molecule is O=C1NN(c2ccccc2)C(=O)/C1=C\c1cc([N+](=O)[O-])ccc1O. The van der Waals surface area contributed by atoms with Gasteiger partial charge in [-0.25, -0.2) is 5.01 Å². The lowest BCUT2D eigenvalue weighted by Crippen LogP contribution is -2.35. The summed E-state index contributed by atoms with van der Waals surface area (Å²) in [5.74, 6) is -1.54. The highest BCUT2D eigenvalue weighted by Gasteiger charge is 2.34. The largest absolute Gasteiger partial charge is 0.507 e. The van der Waals surface area contributed by atoms with Crippen LogP contribution in [-0.2, 0) is 9.59 Å². The van der Waals surface area contributed by atoms with Crippen LogP contribution in [0.1, 0.15) is 5.56 Å². The zero-order valence-electron chi connectivity index (χ0n) is 12.2. The van der Waals surface area contributed by atoms with Gasteiger partial charge in [0.2, 0.25) is 0 Å². The third kappa shape index (κ3) is 2.68. The molecule has 1 aliphatic heterocycles. The van der Waals surface area contributed by atoms with Gasteiger partial charge in [-0.05, 0) is 24.3 Å². The van der Waals surface area contributed by atoms with Gasteiger partial charge in [0, 0.05) is 17.7 Å². The summed E-state index contributed by atoms with van der Waals surface area (Å²) >= 11 is 0. The molecule has 0 radical (unpaired) electrons. The van der Waals surface area contributed by atoms with Gasteiger partial charge in [0.25, 0.3) is 17.5 Å².